The van der Waals surface area contributed by atoms with Crippen LogP contribution < -0.4 is 5.32 Å². The predicted molar refractivity (Wildman–Crippen MR) is 69.7 cm³/mol. The topological polar surface area (TPSA) is 66.4 Å². The number of nitrogens with one attached hydrogen (secondary N) is 1. The Hall–Kier alpha value is -0.130. The van der Waals surface area contributed by atoms with Crippen molar-refractivity contribution in [1.29, 1.82) is 0 Å². The maximum Gasteiger partial charge on any atom is 0.151 e. The van der Waals surface area contributed by atoms with E-state index < -0.39 is 9.84 Å². The summed E-state index contributed by atoms with van der Waals surface area (Å²) in [6.45, 7) is 4.64. The minimum atomic E-state index is -2.93. The molecule has 0 radical (unpaired) electrons. The Morgan fingerprint density at radius 3 is 2.53 bits per heavy atom. The van der Waals surface area contributed by atoms with Crippen molar-refractivity contribution >= 4 is 9.84 Å². The van der Waals surface area contributed by atoms with Crippen molar-refractivity contribution in [2.24, 2.45) is 5.92 Å². The molecule has 1 aliphatic rings. The summed E-state index contributed by atoms with van der Waals surface area (Å²) in [5.74, 6) is 0.371. The maximum atomic E-state index is 11.6. The number of aliphatic hydroxyl groups excluding tert-OH is 1. The first kappa shape index (κ1) is 14.9. The summed E-state index contributed by atoms with van der Waals surface area (Å²) in [5.41, 5.74) is 0. The second-order valence-corrected chi connectivity index (χ2v) is 7.77. The molecule has 5 heteroatoms. The van der Waals surface area contributed by atoms with Crippen molar-refractivity contribution in [2.75, 3.05) is 12.8 Å². The van der Waals surface area contributed by atoms with Crippen LogP contribution in [-0.4, -0.2) is 43.7 Å². The third-order valence-electron chi connectivity index (χ3n) is 3.47. The molecule has 2 N–H and O–H groups in total. The van der Waals surface area contributed by atoms with Crippen LogP contribution in [0.3, 0.4) is 0 Å². The van der Waals surface area contributed by atoms with Gasteiger partial charge >= 0.3 is 0 Å². The molecule has 0 heterocycles. The van der Waals surface area contributed by atoms with E-state index in [9.17, 15) is 13.5 Å². The Kier molecular flexibility index (Phi) is 5.41. The highest BCUT2D eigenvalue weighted by atomic mass is 32.2. The van der Waals surface area contributed by atoms with Gasteiger partial charge in [0.25, 0.3) is 0 Å². The van der Waals surface area contributed by atoms with E-state index in [2.05, 4.69) is 12.2 Å². The highest BCUT2D eigenvalue weighted by molar-refractivity contribution is 7.91. The first-order valence-corrected chi connectivity index (χ1v) is 8.36. The molecular formula is C12H25NO3S. The van der Waals surface area contributed by atoms with Gasteiger partial charge in [-0.3, -0.25) is 0 Å². The second kappa shape index (κ2) is 6.16. The fraction of sp³-hybridized carbons (Fsp3) is 1.00. The van der Waals surface area contributed by atoms with Gasteiger partial charge in [0.15, 0.2) is 9.84 Å². The first-order valence-electron chi connectivity index (χ1n) is 6.41. The lowest BCUT2D eigenvalue weighted by Gasteiger charge is -2.22. The molecule has 1 saturated carbocycles. The quantitative estimate of drug-likeness (QED) is 0.749. The number of hydrogen-bond donors (Lipinski definition) is 2. The molecule has 0 bridgehead atoms. The van der Waals surface area contributed by atoms with E-state index in [1.54, 1.807) is 6.92 Å². The maximum absolute atomic E-state index is 11.6. The lowest BCUT2D eigenvalue weighted by molar-refractivity contribution is 0.162. The van der Waals surface area contributed by atoms with Crippen molar-refractivity contribution in [1.82, 2.24) is 5.32 Å². The standard InChI is InChI=1S/C12H25NO3S/c1-9(7-10(2)14)8-13-11-5-4-6-12(11)17(3,15)16/h9-14H,4-8H2,1-3H3. The summed E-state index contributed by atoms with van der Waals surface area (Å²) >= 11 is 0. The van der Waals surface area contributed by atoms with E-state index in [1.807, 2.05) is 0 Å². The third-order valence-corrected chi connectivity index (χ3v) is 5.14. The molecule has 0 amide bonds. The van der Waals surface area contributed by atoms with Crippen molar-refractivity contribution in [3.8, 4) is 0 Å². The van der Waals surface area contributed by atoms with Crippen molar-refractivity contribution in [2.45, 2.75) is 56.9 Å². The van der Waals surface area contributed by atoms with E-state index in [-0.39, 0.29) is 17.4 Å². The van der Waals surface area contributed by atoms with E-state index in [4.69, 9.17) is 0 Å². The van der Waals surface area contributed by atoms with Crippen LogP contribution in [-0.2, 0) is 9.84 Å². The molecule has 0 aromatic rings. The number of aliphatic hydroxyl groups is 1. The fourth-order valence-electron chi connectivity index (χ4n) is 2.69. The number of rotatable bonds is 6. The normalized spacial score (nSPS) is 29.2. The minimum Gasteiger partial charge on any atom is -0.393 e. The molecule has 0 aromatic heterocycles. The molecule has 0 aromatic carbocycles. The lowest BCUT2D eigenvalue weighted by Crippen LogP contribution is -2.42. The molecule has 1 fully saturated rings. The highest BCUT2D eigenvalue weighted by Crippen LogP contribution is 2.25. The van der Waals surface area contributed by atoms with Gasteiger partial charge in [-0.2, -0.15) is 0 Å². The molecule has 17 heavy (non-hydrogen) atoms. The summed E-state index contributed by atoms with van der Waals surface area (Å²) in [6, 6.07) is 0.0986. The zero-order valence-corrected chi connectivity index (χ0v) is 11.8. The Morgan fingerprint density at radius 2 is 2.00 bits per heavy atom. The summed E-state index contributed by atoms with van der Waals surface area (Å²) in [6.07, 6.45) is 4.50. The molecule has 0 aliphatic heterocycles. The zero-order chi connectivity index (χ0) is 13.1. The van der Waals surface area contributed by atoms with E-state index in [0.717, 1.165) is 32.2 Å². The summed E-state index contributed by atoms with van der Waals surface area (Å²) in [7, 11) is -2.93. The smallest absolute Gasteiger partial charge is 0.151 e. The average molecular weight is 263 g/mol. The molecule has 0 saturated heterocycles. The monoisotopic (exact) mass is 263 g/mol. The van der Waals surface area contributed by atoms with Crippen molar-refractivity contribution in [3.05, 3.63) is 0 Å². The van der Waals surface area contributed by atoms with Crippen LogP contribution >= 0.6 is 0 Å². The fourth-order valence-corrected chi connectivity index (χ4v) is 4.11. The van der Waals surface area contributed by atoms with Crippen molar-refractivity contribution in [3.63, 3.8) is 0 Å². The van der Waals surface area contributed by atoms with Crippen molar-refractivity contribution < 1.29 is 13.5 Å². The first-order chi connectivity index (χ1) is 7.80. The van der Waals surface area contributed by atoms with Gasteiger partial charge in [-0.1, -0.05) is 13.3 Å². The van der Waals surface area contributed by atoms with Crippen LogP contribution in [0.5, 0.6) is 0 Å². The summed E-state index contributed by atoms with van der Waals surface area (Å²) in [4.78, 5) is 0. The zero-order valence-electron chi connectivity index (χ0n) is 11.0. The summed E-state index contributed by atoms with van der Waals surface area (Å²) < 4.78 is 23.2. The SMILES string of the molecule is CC(O)CC(C)CNC1CCCC1S(C)(=O)=O. The summed E-state index contributed by atoms with van der Waals surface area (Å²) in [5, 5.41) is 12.4. The van der Waals surface area contributed by atoms with Crippen LogP contribution in [0.15, 0.2) is 0 Å². The molecule has 102 valence electrons. The van der Waals surface area contributed by atoms with Gasteiger partial charge in [0.1, 0.15) is 0 Å². The minimum absolute atomic E-state index is 0.0986. The predicted octanol–water partition coefficient (Wildman–Crippen LogP) is 0.949. The molecule has 1 rings (SSSR count). The van der Waals surface area contributed by atoms with Gasteiger partial charge in [0, 0.05) is 12.3 Å². The Morgan fingerprint density at radius 1 is 1.35 bits per heavy atom. The molecule has 4 nitrogen and oxygen atoms in total. The van der Waals surface area contributed by atoms with E-state index >= 15 is 0 Å². The van der Waals surface area contributed by atoms with Crippen LogP contribution in [0.2, 0.25) is 0 Å². The van der Waals surface area contributed by atoms with Gasteiger partial charge in [0.05, 0.1) is 11.4 Å². The Balaban J connectivity index is 2.41. The number of sulfone groups is 1. The van der Waals surface area contributed by atoms with E-state index in [0.29, 0.717) is 5.92 Å². The van der Waals surface area contributed by atoms with Gasteiger partial charge in [-0.15, -0.1) is 0 Å². The van der Waals surface area contributed by atoms with Crippen LogP contribution in [0.1, 0.15) is 39.5 Å². The number of hydrogen-bond acceptors (Lipinski definition) is 4. The van der Waals surface area contributed by atoms with Crippen LogP contribution in [0, 0.1) is 5.92 Å². The highest BCUT2D eigenvalue weighted by Gasteiger charge is 2.34. The van der Waals surface area contributed by atoms with Crippen LogP contribution in [0.25, 0.3) is 0 Å². The molecule has 4 atom stereocenters. The average Bonchev–Trinajstić information content (AvgIpc) is 2.60. The second-order valence-electron chi connectivity index (χ2n) is 5.50. The molecule has 4 unspecified atom stereocenters. The molecule has 1 aliphatic carbocycles. The van der Waals surface area contributed by atoms with Gasteiger partial charge < -0.3 is 10.4 Å². The van der Waals surface area contributed by atoms with E-state index in [1.165, 1.54) is 6.26 Å². The van der Waals surface area contributed by atoms with Crippen LogP contribution in [0.4, 0.5) is 0 Å². The molecular weight excluding hydrogens is 238 g/mol. The van der Waals surface area contributed by atoms with Gasteiger partial charge in [-0.25, -0.2) is 8.42 Å². The Bertz CT molecular complexity index is 327. The largest absolute Gasteiger partial charge is 0.393 e. The third kappa shape index (κ3) is 4.94. The lowest BCUT2D eigenvalue weighted by atomic mass is 10.0. The molecule has 0 spiro atoms. The Labute approximate surface area is 105 Å². The van der Waals surface area contributed by atoms with Gasteiger partial charge in [-0.05, 0) is 38.6 Å². The van der Waals surface area contributed by atoms with Gasteiger partial charge in [0.2, 0.25) is 0 Å².